The molecule has 2 nitrogen and oxygen atoms in total. The van der Waals surface area contributed by atoms with Crippen LogP contribution in [0.5, 0.6) is 0 Å². The Morgan fingerprint density at radius 3 is 2.26 bits per heavy atom. The van der Waals surface area contributed by atoms with Gasteiger partial charge in [0.25, 0.3) is 0 Å². The van der Waals surface area contributed by atoms with Crippen molar-refractivity contribution in [1.82, 2.24) is 0 Å². The SMILES string of the molecule is Cc1ccc(CC(C)C(=O)CC(O)C(F)(F)F)cc1. The standard InChI is InChI=1S/C14H17F3O2/c1-9-3-5-11(6-4-9)7-10(2)12(18)8-13(19)14(15,16)17/h3-6,10,13,19H,7-8H2,1-2H3. The first-order valence-corrected chi connectivity index (χ1v) is 6.03. The van der Waals surface area contributed by atoms with Crippen LogP contribution in [-0.2, 0) is 11.2 Å². The molecule has 1 rings (SSSR count). The number of Topliss-reactive ketones (excluding diaryl/α,β-unsaturated/α-hetero) is 1. The Labute approximate surface area is 110 Å². The Bertz CT molecular complexity index is 423. The molecule has 0 radical (unpaired) electrons. The van der Waals surface area contributed by atoms with Gasteiger partial charge in [0.05, 0.1) is 0 Å². The molecule has 0 aliphatic rings. The number of aliphatic hydroxyl groups is 1. The molecule has 0 heterocycles. The summed E-state index contributed by atoms with van der Waals surface area (Å²) in [5.74, 6) is -1.12. The van der Waals surface area contributed by atoms with Gasteiger partial charge in [-0.2, -0.15) is 13.2 Å². The molecule has 5 heteroatoms. The second kappa shape index (κ2) is 6.19. The molecule has 1 aromatic rings. The van der Waals surface area contributed by atoms with E-state index in [2.05, 4.69) is 0 Å². The fourth-order valence-corrected chi connectivity index (χ4v) is 1.70. The van der Waals surface area contributed by atoms with Crippen molar-refractivity contribution in [2.24, 2.45) is 5.92 Å². The molecule has 0 aromatic heterocycles. The van der Waals surface area contributed by atoms with Crippen LogP contribution < -0.4 is 0 Å². The van der Waals surface area contributed by atoms with Crippen LogP contribution in [0.3, 0.4) is 0 Å². The molecule has 0 saturated carbocycles. The number of aliphatic hydroxyl groups excluding tert-OH is 1. The quantitative estimate of drug-likeness (QED) is 0.896. The Hall–Kier alpha value is -1.36. The smallest absolute Gasteiger partial charge is 0.383 e. The van der Waals surface area contributed by atoms with Crippen LogP contribution in [0.2, 0.25) is 0 Å². The predicted octanol–water partition coefficient (Wildman–Crippen LogP) is 3.06. The molecule has 0 spiro atoms. The molecule has 0 bridgehead atoms. The summed E-state index contributed by atoms with van der Waals surface area (Å²) in [6.07, 6.45) is -7.81. The van der Waals surface area contributed by atoms with Gasteiger partial charge in [0.1, 0.15) is 5.78 Å². The molecule has 0 fully saturated rings. The van der Waals surface area contributed by atoms with Gasteiger partial charge in [-0.15, -0.1) is 0 Å². The van der Waals surface area contributed by atoms with Crippen LogP contribution in [0.15, 0.2) is 24.3 Å². The van der Waals surface area contributed by atoms with E-state index in [0.29, 0.717) is 6.42 Å². The van der Waals surface area contributed by atoms with Crippen LogP contribution in [-0.4, -0.2) is 23.2 Å². The second-order valence-corrected chi connectivity index (χ2v) is 4.82. The number of ketones is 1. The van der Waals surface area contributed by atoms with Gasteiger partial charge < -0.3 is 5.11 Å². The summed E-state index contributed by atoms with van der Waals surface area (Å²) in [7, 11) is 0. The van der Waals surface area contributed by atoms with Crippen molar-refractivity contribution < 1.29 is 23.1 Å². The lowest BCUT2D eigenvalue weighted by molar-refractivity contribution is -0.206. The molecule has 1 N–H and O–H groups in total. The Morgan fingerprint density at radius 1 is 1.26 bits per heavy atom. The molecule has 0 aliphatic carbocycles. The third-order valence-electron chi connectivity index (χ3n) is 2.98. The third kappa shape index (κ3) is 5.03. The maximum absolute atomic E-state index is 12.1. The van der Waals surface area contributed by atoms with Gasteiger partial charge in [0.15, 0.2) is 6.10 Å². The zero-order valence-corrected chi connectivity index (χ0v) is 10.9. The highest BCUT2D eigenvalue weighted by Gasteiger charge is 2.39. The van der Waals surface area contributed by atoms with Crippen LogP contribution in [0, 0.1) is 12.8 Å². The molecule has 0 aliphatic heterocycles. The van der Waals surface area contributed by atoms with Crippen molar-refractivity contribution in [3.63, 3.8) is 0 Å². The van der Waals surface area contributed by atoms with E-state index in [-0.39, 0.29) is 0 Å². The van der Waals surface area contributed by atoms with E-state index in [0.717, 1.165) is 11.1 Å². The third-order valence-corrected chi connectivity index (χ3v) is 2.98. The van der Waals surface area contributed by atoms with Crippen molar-refractivity contribution in [1.29, 1.82) is 0 Å². The molecule has 19 heavy (non-hydrogen) atoms. The highest BCUT2D eigenvalue weighted by atomic mass is 19.4. The van der Waals surface area contributed by atoms with Gasteiger partial charge in [-0.25, -0.2) is 0 Å². The van der Waals surface area contributed by atoms with E-state index in [9.17, 15) is 18.0 Å². The van der Waals surface area contributed by atoms with Crippen LogP contribution in [0.25, 0.3) is 0 Å². The zero-order valence-electron chi connectivity index (χ0n) is 10.9. The summed E-state index contributed by atoms with van der Waals surface area (Å²) >= 11 is 0. The van der Waals surface area contributed by atoms with Gasteiger partial charge in [0.2, 0.25) is 0 Å². The van der Waals surface area contributed by atoms with E-state index >= 15 is 0 Å². The van der Waals surface area contributed by atoms with E-state index < -0.39 is 30.4 Å². The maximum atomic E-state index is 12.1. The number of rotatable bonds is 5. The van der Waals surface area contributed by atoms with Crippen LogP contribution >= 0.6 is 0 Å². The van der Waals surface area contributed by atoms with Gasteiger partial charge in [-0.05, 0) is 18.9 Å². The molecule has 1 aromatic carbocycles. The minimum Gasteiger partial charge on any atom is -0.383 e. The van der Waals surface area contributed by atoms with E-state index in [1.54, 1.807) is 6.92 Å². The maximum Gasteiger partial charge on any atom is 0.414 e. The lowest BCUT2D eigenvalue weighted by Crippen LogP contribution is -2.32. The predicted molar refractivity (Wildman–Crippen MR) is 65.7 cm³/mol. The average Bonchev–Trinajstić information content (AvgIpc) is 2.30. The Kier molecular flexibility index (Phi) is 5.11. The first-order valence-electron chi connectivity index (χ1n) is 6.03. The van der Waals surface area contributed by atoms with Crippen LogP contribution in [0.1, 0.15) is 24.5 Å². The highest BCUT2D eigenvalue weighted by Crippen LogP contribution is 2.24. The van der Waals surface area contributed by atoms with Gasteiger partial charge in [-0.1, -0.05) is 36.8 Å². The summed E-state index contributed by atoms with van der Waals surface area (Å²) < 4.78 is 36.4. The normalized spacial score (nSPS) is 15.1. The first-order chi connectivity index (χ1) is 8.70. The molecule has 2 unspecified atom stereocenters. The van der Waals surface area contributed by atoms with E-state index in [1.807, 2.05) is 31.2 Å². The summed E-state index contributed by atoms with van der Waals surface area (Å²) in [6.45, 7) is 3.50. The zero-order chi connectivity index (χ0) is 14.6. The molecule has 2 atom stereocenters. The van der Waals surface area contributed by atoms with Gasteiger partial charge >= 0.3 is 6.18 Å². The number of aryl methyl sites for hydroxylation is 1. The minimum absolute atomic E-state index is 0.379. The van der Waals surface area contributed by atoms with E-state index in [1.165, 1.54) is 0 Å². The molecular formula is C14H17F3O2. The van der Waals surface area contributed by atoms with Crippen molar-refractivity contribution in [3.8, 4) is 0 Å². The van der Waals surface area contributed by atoms with Gasteiger partial charge in [0, 0.05) is 12.3 Å². The van der Waals surface area contributed by atoms with E-state index in [4.69, 9.17) is 5.11 Å². The topological polar surface area (TPSA) is 37.3 Å². The number of halogens is 3. The summed E-state index contributed by atoms with van der Waals surface area (Å²) in [6, 6.07) is 7.47. The fraction of sp³-hybridized carbons (Fsp3) is 0.500. The molecular weight excluding hydrogens is 257 g/mol. The Balaban J connectivity index is 2.56. The largest absolute Gasteiger partial charge is 0.414 e. The number of hydrogen-bond acceptors (Lipinski definition) is 2. The summed E-state index contributed by atoms with van der Waals surface area (Å²) in [5.41, 5.74) is 1.98. The lowest BCUT2D eigenvalue weighted by Gasteiger charge is -2.16. The number of hydrogen-bond donors (Lipinski definition) is 1. The molecule has 0 saturated heterocycles. The first kappa shape index (κ1) is 15.7. The number of alkyl halides is 3. The monoisotopic (exact) mass is 274 g/mol. The summed E-state index contributed by atoms with van der Waals surface area (Å²) in [4.78, 5) is 11.6. The van der Waals surface area contributed by atoms with Crippen molar-refractivity contribution in [2.45, 2.75) is 39.0 Å². The van der Waals surface area contributed by atoms with Crippen molar-refractivity contribution >= 4 is 5.78 Å². The average molecular weight is 274 g/mol. The molecule has 0 amide bonds. The number of benzene rings is 1. The fourth-order valence-electron chi connectivity index (χ4n) is 1.70. The highest BCUT2D eigenvalue weighted by molar-refractivity contribution is 5.81. The second-order valence-electron chi connectivity index (χ2n) is 4.82. The Morgan fingerprint density at radius 2 is 1.79 bits per heavy atom. The summed E-state index contributed by atoms with van der Waals surface area (Å²) in [5, 5.41) is 8.86. The van der Waals surface area contributed by atoms with Crippen LogP contribution in [0.4, 0.5) is 13.2 Å². The molecule has 106 valence electrons. The van der Waals surface area contributed by atoms with Gasteiger partial charge in [-0.3, -0.25) is 4.79 Å². The van der Waals surface area contributed by atoms with Crippen molar-refractivity contribution in [3.05, 3.63) is 35.4 Å². The van der Waals surface area contributed by atoms with Crippen molar-refractivity contribution in [2.75, 3.05) is 0 Å². The number of carbonyl (C=O) groups is 1. The minimum atomic E-state index is -4.74. The number of carbonyl (C=O) groups excluding carboxylic acids is 1. The lowest BCUT2D eigenvalue weighted by atomic mass is 9.93.